The van der Waals surface area contributed by atoms with E-state index < -0.39 is 30.1 Å². The van der Waals surface area contributed by atoms with Crippen LogP contribution in [0.4, 0.5) is 13.2 Å². The van der Waals surface area contributed by atoms with Crippen LogP contribution in [0.3, 0.4) is 0 Å². The Morgan fingerprint density at radius 1 is 1.15 bits per heavy atom. The van der Waals surface area contributed by atoms with Crippen molar-refractivity contribution in [3.63, 3.8) is 0 Å². The van der Waals surface area contributed by atoms with Crippen molar-refractivity contribution in [3.8, 4) is 0 Å². The van der Waals surface area contributed by atoms with Crippen LogP contribution in [0.25, 0.3) is 0 Å². The summed E-state index contributed by atoms with van der Waals surface area (Å²) in [5.41, 5.74) is 0. The summed E-state index contributed by atoms with van der Waals surface area (Å²) in [6, 6.07) is 1.67. The molecule has 0 spiro atoms. The molecule has 2 saturated carbocycles. The van der Waals surface area contributed by atoms with Crippen molar-refractivity contribution in [2.75, 3.05) is 0 Å². The van der Waals surface area contributed by atoms with E-state index >= 15 is 0 Å². The third kappa shape index (κ3) is 4.39. The normalized spacial score (nSPS) is 19.8. The number of hydrogen-bond acceptors (Lipinski definition) is 3. The van der Waals surface area contributed by atoms with Crippen molar-refractivity contribution in [1.82, 2.24) is 10.2 Å². The highest BCUT2D eigenvalue weighted by Crippen LogP contribution is 2.40. The van der Waals surface area contributed by atoms with Crippen LogP contribution in [0.2, 0.25) is 0 Å². The van der Waals surface area contributed by atoms with Gasteiger partial charge in [0.15, 0.2) is 0 Å². The zero-order valence-electron chi connectivity index (χ0n) is 14.6. The maximum atomic E-state index is 13.2. The predicted molar refractivity (Wildman–Crippen MR) is 92.7 cm³/mol. The lowest BCUT2D eigenvalue weighted by Gasteiger charge is -2.33. The molecule has 1 heterocycles. The number of carbonyl (C=O) groups is 2. The summed E-state index contributed by atoms with van der Waals surface area (Å²) in [6.07, 6.45) is 0.790. The highest BCUT2D eigenvalue weighted by molar-refractivity contribution is 7.12. The minimum absolute atomic E-state index is 0.0261. The van der Waals surface area contributed by atoms with Crippen molar-refractivity contribution in [3.05, 3.63) is 21.9 Å². The molecule has 2 amide bonds. The van der Waals surface area contributed by atoms with Gasteiger partial charge >= 0.3 is 12.1 Å². The Balaban J connectivity index is 1.88. The van der Waals surface area contributed by atoms with Crippen LogP contribution in [-0.2, 0) is 9.59 Å². The van der Waals surface area contributed by atoms with Gasteiger partial charge in [0.1, 0.15) is 6.04 Å². The van der Waals surface area contributed by atoms with Crippen LogP contribution < -0.4 is 5.32 Å². The summed E-state index contributed by atoms with van der Waals surface area (Å²) in [4.78, 5) is 27.2. The molecule has 0 saturated heterocycles. The molecule has 2 aliphatic rings. The van der Waals surface area contributed by atoms with Crippen molar-refractivity contribution in [1.29, 1.82) is 0 Å². The van der Waals surface area contributed by atoms with E-state index in [2.05, 4.69) is 5.32 Å². The zero-order valence-corrected chi connectivity index (χ0v) is 15.5. The number of carbonyl (C=O) groups excluding carboxylic acids is 2. The number of hydrogen-bond donors (Lipinski definition) is 1. The number of thiophene rings is 1. The van der Waals surface area contributed by atoms with Crippen LogP contribution in [0.1, 0.15) is 60.7 Å². The fraction of sp³-hybridized carbons (Fsp3) is 0.667. The molecule has 1 atom stereocenters. The van der Waals surface area contributed by atoms with Gasteiger partial charge in [0.25, 0.3) is 0 Å². The van der Waals surface area contributed by atoms with Crippen LogP contribution in [0.15, 0.2) is 12.1 Å². The van der Waals surface area contributed by atoms with Gasteiger partial charge in [0, 0.05) is 21.8 Å². The standard InChI is InChI=1S/C18H23F3N2O2S/c1-11-7-10-14(26-11)15(16(24)22-12-5-3-2-4-6-12)23(13-8-9-13)17(25)18(19,20)21/h7,10,12-13,15H,2-6,8-9H2,1H3,(H,22,24)/t15-/m1/s1. The average Bonchev–Trinajstić information content (AvgIpc) is 3.33. The molecule has 1 N–H and O–H groups in total. The second-order valence-corrected chi connectivity index (χ2v) is 8.46. The molecule has 1 aromatic heterocycles. The summed E-state index contributed by atoms with van der Waals surface area (Å²) >= 11 is 1.27. The minimum atomic E-state index is -4.99. The number of rotatable bonds is 5. The first-order valence-electron chi connectivity index (χ1n) is 9.03. The smallest absolute Gasteiger partial charge is 0.351 e. The van der Waals surface area contributed by atoms with E-state index in [1.807, 2.05) is 6.92 Å². The van der Waals surface area contributed by atoms with E-state index in [-0.39, 0.29) is 6.04 Å². The van der Waals surface area contributed by atoms with Gasteiger partial charge in [-0.15, -0.1) is 11.3 Å². The summed E-state index contributed by atoms with van der Waals surface area (Å²) in [5, 5.41) is 2.90. The lowest BCUT2D eigenvalue weighted by Crippen LogP contribution is -2.51. The lowest BCUT2D eigenvalue weighted by molar-refractivity contribution is -0.189. The average molecular weight is 388 g/mol. The molecule has 0 aromatic carbocycles. The highest BCUT2D eigenvalue weighted by Gasteiger charge is 2.51. The van der Waals surface area contributed by atoms with E-state index in [4.69, 9.17) is 0 Å². The van der Waals surface area contributed by atoms with Gasteiger partial charge in [0.2, 0.25) is 5.91 Å². The third-order valence-corrected chi connectivity index (χ3v) is 5.98. The van der Waals surface area contributed by atoms with Crippen LogP contribution in [0.5, 0.6) is 0 Å². The monoisotopic (exact) mass is 388 g/mol. The van der Waals surface area contributed by atoms with Crippen molar-refractivity contribution in [2.45, 2.75) is 76.2 Å². The number of amides is 2. The first-order valence-corrected chi connectivity index (χ1v) is 9.85. The van der Waals surface area contributed by atoms with Gasteiger partial charge in [-0.25, -0.2) is 0 Å². The number of nitrogens with zero attached hydrogens (tertiary/aromatic N) is 1. The molecule has 144 valence electrons. The van der Waals surface area contributed by atoms with Crippen LogP contribution in [0, 0.1) is 6.92 Å². The molecule has 0 bridgehead atoms. The van der Waals surface area contributed by atoms with E-state index in [9.17, 15) is 22.8 Å². The van der Waals surface area contributed by atoms with Gasteiger partial charge in [-0.1, -0.05) is 19.3 Å². The molecule has 0 unspecified atom stereocenters. The molecule has 0 aliphatic heterocycles. The molecular weight excluding hydrogens is 365 g/mol. The molecule has 26 heavy (non-hydrogen) atoms. The second kappa shape index (κ2) is 7.58. The molecule has 8 heteroatoms. The molecule has 0 radical (unpaired) electrons. The first kappa shape index (κ1) is 19.2. The summed E-state index contributed by atoms with van der Waals surface area (Å²) in [5.74, 6) is -2.42. The third-order valence-electron chi connectivity index (χ3n) is 4.93. The van der Waals surface area contributed by atoms with Gasteiger partial charge in [-0.05, 0) is 44.7 Å². The van der Waals surface area contributed by atoms with E-state index in [1.165, 1.54) is 11.3 Å². The van der Waals surface area contributed by atoms with Crippen molar-refractivity contribution in [2.24, 2.45) is 0 Å². The predicted octanol–water partition coefficient (Wildman–Crippen LogP) is 4.10. The Kier molecular flexibility index (Phi) is 5.60. The van der Waals surface area contributed by atoms with E-state index in [0.29, 0.717) is 17.7 Å². The fourth-order valence-electron chi connectivity index (χ4n) is 3.51. The Labute approximate surface area is 154 Å². The van der Waals surface area contributed by atoms with Gasteiger partial charge < -0.3 is 10.2 Å². The second-order valence-electron chi connectivity index (χ2n) is 7.14. The topological polar surface area (TPSA) is 49.4 Å². The van der Waals surface area contributed by atoms with Crippen LogP contribution >= 0.6 is 11.3 Å². The Bertz CT molecular complexity index is 664. The first-order chi connectivity index (χ1) is 12.3. The van der Waals surface area contributed by atoms with Crippen molar-refractivity contribution >= 4 is 23.2 Å². The van der Waals surface area contributed by atoms with Crippen molar-refractivity contribution < 1.29 is 22.8 Å². The maximum Gasteiger partial charge on any atom is 0.471 e. The van der Waals surface area contributed by atoms with E-state index in [0.717, 1.165) is 41.9 Å². The Morgan fingerprint density at radius 2 is 1.81 bits per heavy atom. The SMILES string of the molecule is Cc1ccc([C@H](C(=O)NC2CCCCC2)N(C(=O)C(F)(F)F)C2CC2)s1. The fourth-order valence-corrected chi connectivity index (χ4v) is 4.49. The minimum Gasteiger partial charge on any atom is -0.351 e. The number of halogens is 3. The number of nitrogens with one attached hydrogen (secondary N) is 1. The Hall–Kier alpha value is -1.57. The summed E-state index contributed by atoms with van der Waals surface area (Å²) < 4.78 is 39.5. The highest BCUT2D eigenvalue weighted by atomic mass is 32.1. The largest absolute Gasteiger partial charge is 0.471 e. The molecular formula is C18H23F3N2O2S. The molecule has 1 aromatic rings. The molecule has 4 nitrogen and oxygen atoms in total. The van der Waals surface area contributed by atoms with Gasteiger partial charge in [-0.2, -0.15) is 13.2 Å². The molecule has 3 rings (SSSR count). The van der Waals surface area contributed by atoms with Gasteiger partial charge in [0.05, 0.1) is 0 Å². The lowest BCUT2D eigenvalue weighted by atomic mass is 9.95. The van der Waals surface area contributed by atoms with Gasteiger partial charge in [-0.3, -0.25) is 9.59 Å². The Morgan fingerprint density at radius 3 is 2.31 bits per heavy atom. The van der Waals surface area contributed by atoms with Crippen LogP contribution in [-0.4, -0.2) is 35.0 Å². The maximum absolute atomic E-state index is 13.2. The summed E-state index contributed by atoms with van der Waals surface area (Å²) in [7, 11) is 0. The van der Waals surface area contributed by atoms with E-state index in [1.54, 1.807) is 12.1 Å². The molecule has 2 fully saturated rings. The zero-order chi connectivity index (χ0) is 18.9. The number of aryl methyl sites for hydroxylation is 1. The summed E-state index contributed by atoms with van der Waals surface area (Å²) in [6.45, 7) is 1.83. The quantitative estimate of drug-likeness (QED) is 0.826. The number of alkyl halides is 3. The molecule has 2 aliphatic carbocycles.